The molecule has 2 aromatic rings. The molecule has 1 N–H and O–H groups in total. The third kappa shape index (κ3) is 2.94. The number of hydrogen-bond donors (Lipinski definition) is 1. The van der Waals surface area contributed by atoms with E-state index < -0.39 is 15.8 Å². The number of aryl methyl sites for hydroxylation is 1. The Hall–Kier alpha value is -2.16. The largest absolute Gasteiger partial charge is 0.481 e. The number of anilines is 1. The summed E-state index contributed by atoms with van der Waals surface area (Å²) in [6, 6.07) is 10.5. The van der Waals surface area contributed by atoms with Crippen LogP contribution in [0.1, 0.15) is 12.0 Å². The van der Waals surface area contributed by atoms with Crippen LogP contribution in [0.3, 0.4) is 0 Å². The Balaban J connectivity index is 1.65. The average Bonchev–Trinajstić information content (AvgIpc) is 3.19. The molecule has 0 aliphatic carbocycles. The lowest BCUT2D eigenvalue weighted by atomic mass is 10.2. The van der Waals surface area contributed by atoms with Gasteiger partial charge in [0.15, 0.2) is 5.72 Å². The Kier molecular flexibility index (Phi) is 4.13. The van der Waals surface area contributed by atoms with Gasteiger partial charge in [-0.2, -0.15) is 8.42 Å². The molecule has 4 rings (SSSR count). The Labute approximate surface area is 153 Å². The van der Waals surface area contributed by atoms with Crippen molar-refractivity contribution in [1.29, 1.82) is 0 Å². The van der Waals surface area contributed by atoms with Gasteiger partial charge in [0.2, 0.25) is 5.88 Å². The van der Waals surface area contributed by atoms with Crippen molar-refractivity contribution in [3.05, 3.63) is 48.2 Å². The molecule has 0 amide bonds. The Bertz CT molecular complexity index is 899. The maximum atomic E-state index is 12.8. The SMILES string of the molecule is COc1ccc(N2C[C@H]3C[C@@]2(OS(=O)(=O)c2ccc(C)cc2)CN3)cn1. The van der Waals surface area contributed by atoms with Crippen LogP contribution in [0.25, 0.3) is 0 Å². The van der Waals surface area contributed by atoms with Crippen molar-refractivity contribution in [3.63, 3.8) is 0 Å². The molecule has 0 spiro atoms. The first-order valence-corrected chi connectivity index (χ1v) is 9.86. The zero-order valence-electron chi connectivity index (χ0n) is 14.7. The molecule has 2 atom stereocenters. The van der Waals surface area contributed by atoms with E-state index in [0.717, 1.165) is 11.3 Å². The summed E-state index contributed by atoms with van der Waals surface area (Å²) in [5.74, 6) is 0.512. The molecule has 26 heavy (non-hydrogen) atoms. The van der Waals surface area contributed by atoms with E-state index in [1.54, 1.807) is 43.6 Å². The maximum absolute atomic E-state index is 12.8. The fourth-order valence-electron chi connectivity index (χ4n) is 3.61. The van der Waals surface area contributed by atoms with Crippen LogP contribution < -0.4 is 15.0 Å². The van der Waals surface area contributed by atoms with E-state index in [1.807, 2.05) is 17.9 Å². The topological polar surface area (TPSA) is 80.8 Å². The molecule has 2 fully saturated rings. The van der Waals surface area contributed by atoms with Crippen molar-refractivity contribution in [1.82, 2.24) is 10.3 Å². The first-order chi connectivity index (χ1) is 12.4. The molecule has 1 aromatic carbocycles. The highest BCUT2D eigenvalue weighted by Gasteiger charge is 2.54. The summed E-state index contributed by atoms with van der Waals surface area (Å²) < 4.78 is 36.6. The number of rotatable bonds is 5. The number of hydrogen-bond acceptors (Lipinski definition) is 7. The van der Waals surface area contributed by atoms with Crippen molar-refractivity contribution in [2.24, 2.45) is 0 Å². The second-order valence-corrected chi connectivity index (χ2v) is 8.29. The van der Waals surface area contributed by atoms with Crippen LogP contribution in [0.5, 0.6) is 5.88 Å². The van der Waals surface area contributed by atoms with Gasteiger partial charge in [0.25, 0.3) is 10.1 Å². The summed E-state index contributed by atoms with van der Waals surface area (Å²) in [4.78, 5) is 6.38. The first-order valence-electron chi connectivity index (χ1n) is 8.45. The lowest BCUT2D eigenvalue weighted by molar-refractivity contribution is 0.105. The van der Waals surface area contributed by atoms with E-state index in [1.165, 1.54) is 0 Å². The van der Waals surface area contributed by atoms with Crippen LogP contribution in [0.2, 0.25) is 0 Å². The highest BCUT2D eigenvalue weighted by molar-refractivity contribution is 7.86. The van der Waals surface area contributed by atoms with Crippen LogP contribution in [0.15, 0.2) is 47.5 Å². The van der Waals surface area contributed by atoms with E-state index in [-0.39, 0.29) is 10.9 Å². The predicted molar refractivity (Wildman–Crippen MR) is 96.7 cm³/mol. The van der Waals surface area contributed by atoms with Crippen molar-refractivity contribution in [3.8, 4) is 5.88 Å². The third-order valence-electron chi connectivity index (χ3n) is 4.94. The molecular formula is C18H21N3O4S. The van der Waals surface area contributed by atoms with Gasteiger partial charge in [-0.05, 0) is 25.1 Å². The highest BCUT2D eigenvalue weighted by atomic mass is 32.2. The second-order valence-electron chi connectivity index (χ2n) is 6.75. The van der Waals surface area contributed by atoms with Crippen LogP contribution in [-0.4, -0.2) is 45.4 Å². The predicted octanol–water partition coefficient (Wildman–Crippen LogP) is 1.68. The van der Waals surface area contributed by atoms with Crippen molar-refractivity contribution < 1.29 is 17.3 Å². The number of aromatic nitrogens is 1. The molecular weight excluding hydrogens is 354 g/mol. The molecule has 2 saturated heterocycles. The zero-order valence-corrected chi connectivity index (χ0v) is 15.5. The Morgan fingerprint density at radius 3 is 2.62 bits per heavy atom. The number of nitrogens with one attached hydrogen (secondary N) is 1. The van der Waals surface area contributed by atoms with E-state index >= 15 is 0 Å². The second kappa shape index (κ2) is 6.22. The minimum atomic E-state index is -3.88. The third-order valence-corrected chi connectivity index (χ3v) is 6.32. The lowest BCUT2D eigenvalue weighted by Gasteiger charge is -2.39. The Morgan fingerprint density at radius 1 is 1.23 bits per heavy atom. The Morgan fingerprint density at radius 2 is 2.00 bits per heavy atom. The first kappa shape index (κ1) is 17.3. The molecule has 0 saturated carbocycles. The fraction of sp³-hybridized carbons (Fsp3) is 0.389. The summed E-state index contributed by atoms with van der Waals surface area (Å²) in [5.41, 5.74) is 0.871. The monoisotopic (exact) mass is 375 g/mol. The van der Waals surface area contributed by atoms with E-state index in [9.17, 15) is 8.42 Å². The molecule has 0 radical (unpaired) electrons. The molecule has 1 aromatic heterocycles. The number of pyridine rings is 1. The zero-order chi connectivity index (χ0) is 18.4. The average molecular weight is 375 g/mol. The van der Waals surface area contributed by atoms with Crippen LogP contribution >= 0.6 is 0 Å². The molecule has 0 unspecified atom stereocenters. The molecule has 8 heteroatoms. The maximum Gasteiger partial charge on any atom is 0.299 e. The molecule has 2 aliphatic rings. The summed E-state index contributed by atoms with van der Waals surface area (Å²) in [6.45, 7) is 3.02. The minimum Gasteiger partial charge on any atom is -0.481 e. The van der Waals surface area contributed by atoms with Crippen LogP contribution in [-0.2, 0) is 14.3 Å². The van der Waals surface area contributed by atoms with Gasteiger partial charge in [0.05, 0.1) is 23.9 Å². The van der Waals surface area contributed by atoms with Gasteiger partial charge < -0.3 is 15.0 Å². The van der Waals surface area contributed by atoms with Crippen molar-refractivity contribution in [2.75, 3.05) is 25.1 Å². The number of nitrogens with zero attached hydrogens (tertiary/aromatic N) is 2. The number of benzene rings is 1. The number of piperazine rings is 1. The van der Waals surface area contributed by atoms with Gasteiger partial charge in [0.1, 0.15) is 0 Å². The summed E-state index contributed by atoms with van der Waals surface area (Å²) in [6.07, 6.45) is 2.28. The normalized spacial score (nSPS) is 24.8. The van der Waals surface area contributed by atoms with E-state index in [2.05, 4.69) is 10.3 Å². The molecule has 2 aliphatic heterocycles. The standard InChI is InChI=1S/C18H21N3O4S/c1-13-3-6-16(7-4-13)26(22,23)25-18-9-14(20-12-18)11-21(18)15-5-8-17(24-2)19-10-15/h3-8,10,14,20H,9,11-12H2,1-2H3/t14-,18-/m1/s1. The summed E-state index contributed by atoms with van der Waals surface area (Å²) >= 11 is 0. The molecule has 7 nitrogen and oxygen atoms in total. The van der Waals surface area contributed by atoms with E-state index in [0.29, 0.717) is 25.4 Å². The number of fused-ring (bicyclic) bond motifs is 2. The van der Waals surface area contributed by atoms with Crippen molar-refractivity contribution in [2.45, 2.75) is 30.0 Å². The van der Waals surface area contributed by atoms with Gasteiger partial charge in [-0.3, -0.25) is 0 Å². The van der Waals surface area contributed by atoms with Crippen LogP contribution in [0, 0.1) is 6.92 Å². The van der Waals surface area contributed by atoms with Crippen molar-refractivity contribution >= 4 is 15.8 Å². The number of methoxy groups -OCH3 is 1. The number of ether oxygens (including phenoxy) is 1. The smallest absolute Gasteiger partial charge is 0.299 e. The van der Waals surface area contributed by atoms with Gasteiger partial charge in [0, 0.05) is 31.6 Å². The van der Waals surface area contributed by atoms with Gasteiger partial charge in [-0.1, -0.05) is 17.7 Å². The fourth-order valence-corrected chi connectivity index (χ4v) is 4.80. The van der Waals surface area contributed by atoms with Gasteiger partial charge in [-0.25, -0.2) is 9.17 Å². The summed E-state index contributed by atoms with van der Waals surface area (Å²) in [5, 5.41) is 3.33. The highest BCUT2D eigenvalue weighted by Crippen LogP contribution is 2.41. The van der Waals surface area contributed by atoms with Gasteiger partial charge >= 0.3 is 0 Å². The molecule has 138 valence electrons. The molecule has 2 bridgehead atoms. The van der Waals surface area contributed by atoms with Gasteiger partial charge in [-0.15, -0.1) is 0 Å². The lowest BCUT2D eigenvalue weighted by Crippen LogP contribution is -2.55. The minimum absolute atomic E-state index is 0.167. The summed E-state index contributed by atoms with van der Waals surface area (Å²) in [7, 11) is -2.33. The quantitative estimate of drug-likeness (QED) is 0.797. The van der Waals surface area contributed by atoms with Crippen LogP contribution in [0.4, 0.5) is 5.69 Å². The van der Waals surface area contributed by atoms with E-state index in [4.69, 9.17) is 8.92 Å². The molecule has 3 heterocycles.